The topological polar surface area (TPSA) is 101 Å². The van der Waals surface area contributed by atoms with Gasteiger partial charge in [0, 0.05) is 0 Å². The Balaban J connectivity index is 2.35. The monoisotopic (exact) mass is 177 g/mol. The number of carbonyl (C=O) groups is 2. The third-order valence-corrected chi connectivity index (χ3v) is 1.23. The maximum absolute atomic E-state index is 11.0. The van der Waals surface area contributed by atoms with Crippen LogP contribution in [0.25, 0.3) is 0 Å². The van der Waals surface area contributed by atoms with Gasteiger partial charge in [0.1, 0.15) is 6.33 Å². The summed E-state index contributed by atoms with van der Waals surface area (Å²) in [5.74, 6) is -1.91. The summed E-state index contributed by atoms with van der Waals surface area (Å²) in [5, 5.41) is 6.96. The number of aromatic nitrogens is 3. The molecule has 0 fully saturated rings. The Labute approximate surface area is 71.3 Å². The highest BCUT2D eigenvalue weighted by molar-refractivity contribution is 6.41. The molecule has 0 aromatic carbocycles. The lowest BCUT2D eigenvalue weighted by Crippen LogP contribution is -2.26. The highest BCUT2D eigenvalue weighted by atomic mass is 16.2. The van der Waals surface area contributed by atoms with Crippen molar-refractivity contribution in [3.8, 4) is 0 Å². The minimum absolute atomic E-state index is 0.0744. The van der Waals surface area contributed by atoms with Crippen LogP contribution in [0.3, 0.4) is 0 Å². The van der Waals surface area contributed by atoms with E-state index < -0.39 is 11.8 Å². The lowest BCUT2D eigenvalue weighted by molar-refractivity contribution is -0.134. The fourth-order valence-electron chi connectivity index (χ4n) is 0.701. The Hall–Kier alpha value is -2.25. The average Bonchev–Trinajstić information content (AvgIpc) is 2.49. The van der Waals surface area contributed by atoms with Crippen LogP contribution in [0.1, 0.15) is 0 Å². The number of hydrogen-bond donors (Lipinski definition) is 0. The van der Waals surface area contributed by atoms with Crippen molar-refractivity contribution < 1.29 is 9.59 Å². The molecule has 1 aliphatic rings. The van der Waals surface area contributed by atoms with Crippen molar-refractivity contribution in [2.75, 3.05) is 5.01 Å². The van der Waals surface area contributed by atoms with Gasteiger partial charge in [-0.3, -0.25) is 9.59 Å². The van der Waals surface area contributed by atoms with E-state index in [9.17, 15) is 9.59 Å². The fraction of sp³-hybridized carbons (Fsp3) is 0. The van der Waals surface area contributed by atoms with Crippen LogP contribution in [-0.2, 0) is 9.59 Å². The number of amides is 2. The van der Waals surface area contributed by atoms with Gasteiger partial charge in [-0.25, -0.2) is 4.98 Å². The molecule has 0 unspecified atom stereocenters. The summed E-state index contributed by atoms with van der Waals surface area (Å²) in [4.78, 5) is 32.1. The zero-order chi connectivity index (χ0) is 9.26. The van der Waals surface area contributed by atoms with E-state index in [4.69, 9.17) is 0 Å². The van der Waals surface area contributed by atoms with Crippen molar-refractivity contribution in [2.45, 2.75) is 0 Å². The van der Waals surface area contributed by atoms with Gasteiger partial charge in [-0.2, -0.15) is 9.97 Å². The Kier molecular flexibility index (Phi) is 1.51. The van der Waals surface area contributed by atoms with E-state index in [0.29, 0.717) is 5.01 Å². The first-order chi connectivity index (χ1) is 6.29. The predicted molar refractivity (Wildman–Crippen MR) is 36.0 cm³/mol. The molecule has 0 atom stereocenters. The SMILES string of the molecule is O=C1N=NN(c2n[c]ncn2)C1=O. The molecule has 0 saturated carbocycles. The van der Waals surface area contributed by atoms with E-state index >= 15 is 0 Å². The first-order valence-electron chi connectivity index (χ1n) is 3.14. The summed E-state index contributed by atoms with van der Waals surface area (Å²) in [7, 11) is 0. The molecule has 0 bridgehead atoms. The van der Waals surface area contributed by atoms with E-state index in [2.05, 4.69) is 31.6 Å². The first-order valence-corrected chi connectivity index (χ1v) is 3.14. The summed E-state index contributed by atoms with van der Waals surface area (Å²) >= 11 is 0. The summed E-state index contributed by atoms with van der Waals surface area (Å²) in [6, 6.07) is 0. The summed E-state index contributed by atoms with van der Waals surface area (Å²) in [6.07, 6.45) is 3.34. The molecule has 1 aliphatic heterocycles. The van der Waals surface area contributed by atoms with Crippen molar-refractivity contribution in [1.29, 1.82) is 0 Å². The molecule has 8 nitrogen and oxygen atoms in total. The van der Waals surface area contributed by atoms with Crippen LogP contribution in [0.4, 0.5) is 5.95 Å². The molecule has 63 valence electrons. The largest absolute Gasteiger partial charge is 0.357 e. The van der Waals surface area contributed by atoms with Gasteiger partial charge in [-0.05, 0) is 0 Å². The minimum atomic E-state index is -0.944. The number of rotatable bonds is 1. The van der Waals surface area contributed by atoms with Crippen LogP contribution in [0.15, 0.2) is 16.7 Å². The second-order valence-electron chi connectivity index (χ2n) is 2.00. The number of hydrogen-bond acceptors (Lipinski definition) is 6. The molecule has 2 rings (SSSR count). The summed E-state index contributed by atoms with van der Waals surface area (Å²) in [6.45, 7) is 0. The van der Waals surface area contributed by atoms with E-state index in [1.807, 2.05) is 0 Å². The van der Waals surface area contributed by atoms with Crippen molar-refractivity contribution in [2.24, 2.45) is 10.3 Å². The molecule has 0 N–H and O–H groups in total. The van der Waals surface area contributed by atoms with Gasteiger partial charge in [0.15, 0.2) is 0 Å². The third-order valence-electron chi connectivity index (χ3n) is 1.23. The molecule has 2 heterocycles. The van der Waals surface area contributed by atoms with Gasteiger partial charge in [-0.1, -0.05) is 10.3 Å². The molecule has 0 aliphatic carbocycles. The van der Waals surface area contributed by atoms with Crippen molar-refractivity contribution >= 4 is 17.8 Å². The van der Waals surface area contributed by atoms with Gasteiger partial charge < -0.3 is 0 Å². The van der Waals surface area contributed by atoms with E-state index in [0.717, 1.165) is 6.33 Å². The molecule has 1 radical (unpaired) electrons. The molecule has 2 amide bonds. The Morgan fingerprint density at radius 1 is 1.38 bits per heavy atom. The zero-order valence-corrected chi connectivity index (χ0v) is 6.08. The van der Waals surface area contributed by atoms with Crippen LogP contribution in [0, 0.1) is 6.33 Å². The van der Waals surface area contributed by atoms with Crippen molar-refractivity contribution in [3.63, 3.8) is 0 Å². The van der Waals surface area contributed by atoms with Crippen LogP contribution in [0.5, 0.6) is 0 Å². The molecule has 1 aromatic heterocycles. The highest BCUT2D eigenvalue weighted by Crippen LogP contribution is 2.11. The van der Waals surface area contributed by atoms with Gasteiger partial charge in [0.05, 0.1) is 0 Å². The maximum Gasteiger partial charge on any atom is 0.357 e. The molecule has 1 aromatic rings. The third kappa shape index (κ3) is 1.13. The van der Waals surface area contributed by atoms with Crippen LogP contribution >= 0.6 is 0 Å². The lowest BCUT2D eigenvalue weighted by Gasteiger charge is -2.03. The quantitative estimate of drug-likeness (QED) is 0.507. The summed E-state index contributed by atoms with van der Waals surface area (Å²) in [5.41, 5.74) is 0. The van der Waals surface area contributed by atoms with Crippen molar-refractivity contribution in [3.05, 3.63) is 12.7 Å². The maximum atomic E-state index is 11.0. The van der Waals surface area contributed by atoms with Crippen LogP contribution < -0.4 is 5.01 Å². The molecule has 13 heavy (non-hydrogen) atoms. The van der Waals surface area contributed by atoms with Gasteiger partial charge in [0.2, 0.25) is 6.33 Å². The van der Waals surface area contributed by atoms with Gasteiger partial charge in [-0.15, -0.1) is 5.01 Å². The number of nitrogens with zero attached hydrogens (tertiary/aromatic N) is 6. The molecular formula is C5HN6O2. The molecule has 8 heteroatoms. The Morgan fingerprint density at radius 3 is 2.77 bits per heavy atom. The minimum Gasteiger partial charge on any atom is -0.261 e. The van der Waals surface area contributed by atoms with Crippen molar-refractivity contribution in [1.82, 2.24) is 15.0 Å². The van der Waals surface area contributed by atoms with E-state index in [1.165, 1.54) is 0 Å². The van der Waals surface area contributed by atoms with E-state index in [1.54, 1.807) is 0 Å². The second-order valence-corrected chi connectivity index (χ2v) is 2.00. The Bertz CT molecular complexity index is 387. The standard InChI is InChI=1S/C5HN6O2/c12-3-4(13)11(10-9-3)5-7-1-6-2-8-5/h1H. The lowest BCUT2D eigenvalue weighted by atomic mass is 10.6. The van der Waals surface area contributed by atoms with Gasteiger partial charge in [0.25, 0.3) is 5.95 Å². The molecule has 0 spiro atoms. The van der Waals surface area contributed by atoms with E-state index in [-0.39, 0.29) is 5.95 Å². The molecule has 0 saturated heterocycles. The van der Waals surface area contributed by atoms with Gasteiger partial charge >= 0.3 is 11.8 Å². The summed E-state index contributed by atoms with van der Waals surface area (Å²) < 4.78 is 0. The first kappa shape index (κ1) is 7.40. The number of carbonyl (C=O) groups excluding carboxylic acids is 2. The number of anilines is 1. The van der Waals surface area contributed by atoms with Crippen LogP contribution in [0.2, 0.25) is 0 Å². The normalized spacial score (nSPS) is 15.5. The smallest absolute Gasteiger partial charge is 0.261 e. The van der Waals surface area contributed by atoms with Crippen LogP contribution in [-0.4, -0.2) is 26.8 Å². The fourth-order valence-corrected chi connectivity index (χ4v) is 0.701. The zero-order valence-electron chi connectivity index (χ0n) is 6.08. The second kappa shape index (κ2) is 2.66. The predicted octanol–water partition coefficient (Wildman–Crippen LogP) is -1.09. The Morgan fingerprint density at radius 2 is 2.23 bits per heavy atom. The highest BCUT2D eigenvalue weighted by Gasteiger charge is 2.31. The molecular weight excluding hydrogens is 176 g/mol. The average molecular weight is 177 g/mol.